The average molecular weight is 864 g/mol. The molecule has 0 aromatic rings. The van der Waals surface area contributed by atoms with Crippen molar-refractivity contribution in [1.82, 2.24) is 5.32 Å². The Kier molecular flexibility index (Phi) is 50.5. The number of esters is 1. The number of unbranched alkanes of at least 4 members (excludes halogenated alkanes) is 41. The molecule has 364 valence electrons. The molecule has 0 fully saturated rings. The van der Waals surface area contributed by atoms with E-state index in [1.807, 2.05) is 0 Å². The first-order chi connectivity index (χ1) is 30.0. The van der Waals surface area contributed by atoms with E-state index in [2.05, 4.69) is 19.2 Å². The number of aliphatic hydroxyl groups excluding tert-OH is 2. The van der Waals surface area contributed by atoms with E-state index < -0.39 is 12.1 Å². The van der Waals surface area contributed by atoms with Crippen molar-refractivity contribution >= 4 is 11.9 Å². The van der Waals surface area contributed by atoms with Gasteiger partial charge in [-0.3, -0.25) is 9.59 Å². The van der Waals surface area contributed by atoms with Crippen LogP contribution in [-0.4, -0.2) is 47.4 Å². The molecule has 0 aliphatic carbocycles. The predicted octanol–water partition coefficient (Wildman–Crippen LogP) is 16.7. The van der Waals surface area contributed by atoms with Gasteiger partial charge in [-0.1, -0.05) is 277 Å². The molecule has 2 unspecified atom stereocenters. The number of carbonyl (C=O) groups excluding carboxylic acids is 2. The van der Waals surface area contributed by atoms with E-state index >= 15 is 0 Å². The number of ether oxygens (including phenoxy) is 1. The Labute approximate surface area is 381 Å². The fourth-order valence-electron chi connectivity index (χ4n) is 8.88. The Morgan fingerprint density at radius 2 is 0.672 bits per heavy atom. The zero-order valence-electron chi connectivity index (χ0n) is 41.4. The number of hydrogen-bond acceptors (Lipinski definition) is 5. The smallest absolute Gasteiger partial charge is 0.305 e. The maximum atomic E-state index is 12.5. The maximum Gasteiger partial charge on any atom is 0.305 e. The van der Waals surface area contributed by atoms with Crippen molar-refractivity contribution < 1.29 is 24.5 Å². The van der Waals surface area contributed by atoms with Crippen LogP contribution < -0.4 is 5.32 Å². The molecular formula is C55H109NO5. The Bertz CT molecular complexity index is 867. The van der Waals surface area contributed by atoms with E-state index in [-0.39, 0.29) is 18.5 Å². The van der Waals surface area contributed by atoms with Crippen LogP contribution in [0, 0.1) is 0 Å². The summed E-state index contributed by atoms with van der Waals surface area (Å²) in [7, 11) is 0. The van der Waals surface area contributed by atoms with Crippen molar-refractivity contribution in [2.24, 2.45) is 0 Å². The highest BCUT2D eigenvalue weighted by molar-refractivity contribution is 5.76. The van der Waals surface area contributed by atoms with Crippen LogP contribution in [-0.2, 0) is 14.3 Å². The van der Waals surface area contributed by atoms with E-state index in [0.29, 0.717) is 25.9 Å². The van der Waals surface area contributed by atoms with Crippen LogP contribution in [0.1, 0.15) is 316 Å². The molecule has 0 radical (unpaired) electrons. The number of amides is 1. The minimum atomic E-state index is -0.671. The van der Waals surface area contributed by atoms with Crippen molar-refractivity contribution in [3.8, 4) is 0 Å². The summed E-state index contributed by atoms with van der Waals surface area (Å²) in [6, 6.07) is -0.550. The lowest BCUT2D eigenvalue weighted by Gasteiger charge is -2.22. The van der Waals surface area contributed by atoms with Crippen molar-refractivity contribution in [2.75, 3.05) is 13.2 Å². The van der Waals surface area contributed by atoms with E-state index in [9.17, 15) is 19.8 Å². The highest BCUT2D eigenvalue weighted by Crippen LogP contribution is 2.18. The Morgan fingerprint density at radius 3 is 1.00 bits per heavy atom. The van der Waals surface area contributed by atoms with Gasteiger partial charge >= 0.3 is 5.97 Å². The minimum Gasteiger partial charge on any atom is -0.466 e. The summed E-state index contributed by atoms with van der Waals surface area (Å²) in [6.07, 6.45) is 57.9. The molecule has 3 N–H and O–H groups in total. The van der Waals surface area contributed by atoms with E-state index in [0.717, 1.165) is 51.4 Å². The molecule has 0 bridgehead atoms. The molecule has 1 amide bonds. The second-order valence-electron chi connectivity index (χ2n) is 19.3. The topological polar surface area (TPSA) is 95.9 Å². The van der Waals surface area contributed by atoms with Crippen LogP contribution in [0.15, 0.2) is 0 Å². The SMILES string of the molecule is CCCCCCCCCCCCCCCCCCCCCC(O)C(CO)NC(=O)CCCCCCCCCCCCCCCOC(=O)CCCCCCCCCCCCCC. The zero-order valence-corrected chi connectivity index (χ0v) is 41.4. The van der Waals surface area contributed by atoms with Gasteiger partial charge in [0.05, 0.1) is 25.4 Å². The quantitative estimate of drug-likeness (QED) is 0.0418. The molecule has 0 spiro atoms. The molecule has 0 aromatic carbocycles. The third-order valence-electron chi connectivity index (χ3n) is 13.2. The van der Waals surface area contributed by atoms with Crippen LogP contribution in [0.4, 0.5) is 0 Å². The molecule has 0 aliphatic rings. The van der Waals surface area contributed by atoms with Crippen molar-refractivity contribution in [3.63, 3.8) is 0 Å². The van der Waals surface area contributed by atoms with E-state index in [4.69, 9.17) is 4.74 Å². The first-order valence-electron chi connectivity index (χ1n) is 27.8. The third-order valence-corrected chi connectivity index (χ3v) is 13.2. The lowest BCUT2D eigenvalue weighted by Crippen LogP contribution is -2.45. The van der Waals surface area contributed by atoms with E-state index in [1.54, 1.807) is 0 Å². The number of rotatable bonds is 52. The maximum absolute atomic E-state index is 12.5. The molecule has 0 heterocycles. The summed E-state index contributed by atoms with van der Waals surface area (Å²) in [4.78, 5) is 24.5. The third kappa shape index (κ3) is 48.2. The van der Waals surface area contributed by atoms with Gasteiger partial charge in [0.1, 0.15) is 0 Å². The second-order valence-corrected chi connectivity index (χ2v) is 19.3. The Morgan fingerprint density at radius 1 is 0.393 bits per heavy atom. The first-order valence-corrected chi connectivity index (χ1v) is 27.8. The normalized spacial score (nSPS) is 12.5. The molecule has 0 rings (SSSR count). The van der Waals surface area contributed by atoms with Crippen LogP contribution in [0.3, 0.4) is 0 Å². The van der Waals surface area contributed by atoms with Gasteiger partial charge in [-0.05, 0) is 25.7 Å². The molecule has 0 aromatic heterocycles. The summed E-state index contributed by atoms with van der Waals surface area (Å²) in [5.74, 6) is -0.0478. The van der Waals surface area contributed by atoms with Crippen LogP contribution in [0.25, 0.3) is 0 Å². The summed E-state index contributed by atoms with van der Waals surface area (Å²) >= 11 is 0. The van der Waals surface area contributed by atoms with Crippen LogP contribution >= 0.6 is 0 Å². The number of hydrogen-bond donors (Lipinski definition) is 3. The molecule has 6 nitrogen and oxygen atoms in total. The highest BCUT2D eigenvalue weighted by Gasteiger charge is 2.20. The molecule has 61 heavy (non-hydrogen) atoms. The summed E-state index contributed by atoms with van der Waals surface area (Å²) in [5.41, 5.74) is 0. The van der Waals surface area contributed by atoms with Gasteiger partial charge in [-0.15, -0.1) is 0 Å². The average Bonchev–Trinajstić information content (AvgIpc) is 3.26. The molecule has 0 saturated heterocycles. The Balaban J connectivity index is 3.44. The molecule has 6 heteroatoms. The van der Waals surface area contributed by atoms with E-state index in [1.165, 1.54) is 231 Å². The van der Waals surface area contributed by atoms with Crippen molar-refractivity contribution in [2.45, 2.75) is 328 Å². The van der Waals surface area contributed by atoms with Crippen LogP contribution in [0.2, 0.25) is 0 Å². The van der Waals surface area contributed by atoms with Gasteiger partial charge in [-0.25, -0.2) is 0 Å². The zero-order chi connectivity index (χ0) is 44.4. The lowest BCUT2D eigenvalue weighted by molar-refractivity contribution is -0.143. The lowest BCUT2D eigenvalue weighted by atomic mass is 10.0. The fourth-order valence-corrected chi connectivity index (χ4v) is 8.88. The number of aliphatic hydroxyl groups is 2. The summed E-state index contributed by atoms with van der Waals surface area (Å²) in [5, 5.41) is 23.3. The van der Waals surface area contributed by atoms with Gasteiger partial charge in [0, 0.05) is 12.8 Å². The Hall–Kier alpha value is -1.14. The molecular weight excluding hydrogens is 755 g/mol. The number of carbonyl (C=O) groups is 2. The summed E-state index contributed by atoms with van der Waals surface area (Å²) < 4.78 is 5.46. The standard InChI is InChI=1S/C55H109NO5/c1-3-5-7-9-11-13-15-17-18-19-20-21-22-24-27-31-35-39-43-47-53(58)52(51-57)56-54(59)48-44-40-36-32-28-25-23-26-30-34-38-42-46-50-61-55(60)49-45-41-37-33-29-16-14-12-10-8-6-4-2/h52-53,57-58H,3-51H2,1-2H3,(H,56,59). The monoisotopic (exact) mass is 864 g/mol. The number of nitrogens with one attached hydrogen (secondary N) is 1. The summed E-state index contributed by atoms with van der Waals surface area (Å²) in [6.45, 7) is 4.95. The predicted molar refractivity (Wildman–Crippen MR) is 264 cm³/mol. The molecule has 0 aliphatic heterocycles. The minimum absolute atomic E-state index is 0.00366. The van der Waals surface area contributed by atoms with Crippen LogP contribution in [0.5, 0.6) is 0 Å². The second kappa shape index (κ2) is 51.5. The van der Waals surface area contributed by atoms with Gasteiger partial charge in [-0.2, -0.15) is 0 Å². The largest absolute Gasteiger partial charge is 0.466 e. The van der Waals surface area contributed by atoms with Gasteiger partial charge < -0.3 is 20.3 Å². The van der Waals surface area contributed by atoms with Gasteiger partial charge in [0.15, 0.2) is 0 Å². The molecule has 0 saturated carbocycles. The van der Waals surface area contributed by atoms with Crippen molar-refractivity contribution in [3.05, 3.63) is 0 Å². The highest BCUT2D eigenvalue weighted by atomic mass is 16.5. The van der Waals surface area contributed by atoms with Crippen molar-refractivity contribution in [1.29, 1.82) is 0 Å². The van der Waals surface area contributed by atoms with Gasteiger partial charge in [0.2, 0.25) is 5.91 Å². The fraction of sp³-hybridized carbons (Fsp3) is 0.964. The first kappa shape index (κ1) is 59.9. The molecule has 2 atom stereocenters. The van der Waals surface area contributed by atoms with Gasteiger partial charge in [0.25, 0.3) is 0 Å².